The van der Waals surface area contributed by atoms with Crippen molar-refractivity contribution in [2.45, 2.75) is 17.9 Å². The van der Waals surface area contributed by atoms with Gasteiger partial charge >= 0.3 is 6.09 Å². The zero-order valence-corrected chi connectivity index (χ0v) is 18.1. The number of thioether (sulfide) groups is 1. The normalized spacial score (nSPS) is 12.8. The van der Waals surface area contributed by atoms with Crippen LogP contribution in [0.3, 0.4) is 0 Å². The summed E-state index contributed by atoms with van der Waals surface area (Å²) in [5.41, 5.74) is 2.67. The molecule has 2 aromatic carbocycles. The Bertz CT molecular complexity index is 888. The fourth-order valence-corrected chi connectivity index (χ4v) is 3.18. The van der Waals surface area contributed by atoms with Gasteiger partial charge in [0, 0.05) is 28.1 Å². The Morgan fingerprint density at radius 2 is 1.87 bits per heavy atom. The number of carbonyl (C=O) groups excluding carboxylic acids is 2. The van der Waals surface area contributed by atoms with Gasteiger partial charge in [-0.25, -0.2) is 10.3 Å². The summed E-state index contributed by atoms with van der Waals surface area (Å²) >= 11 is 1.59. The highest BCUT2D eigenvalue weighted by Gasteiger charge is 2.25. The predicted molar refractivity (Wildman–Crippen MR) is 118 cm³/mol. The van der Waals surface area contributed by atoms with E-state index < -0.39 is 24.0 Å². The first-order valence-electron chi connectivity index (χ1n) is 9.55. The number of carbonyl (C=O) groups is 2. The highest BCUT2D eigenvalue weighted by molar-refractivity contribution is 7.98. The lowest BCUT2D eigenvalue weighted by atomic mass is 9.96. The Morgan fingerprint density at radius 3 is 2.52 bits per heavy atom. The molecule has 0 saturated heterocycles. The van der Waals surface area contributed by atoms with Crippen molar-refractivity contribution in [1.82, 2.24) is 5.48 Å². The molecule has 31 heavy (non-hydrogen) atoms. The number of rotatable bonds is 10. The topological polar surface area (TPSA) is 117 Å². The maximum absolute atomic E-state index is 12.6. The smallest absolute Gasteiger partial charge is 0.412 e. The molecule has 0 radical (unpaired) electrons. The van der Waals surface area contributed by atoms with E-state index >= 15 is 0 Å². The fraction of sp³-hybridized carbons (Fsp3) is 0.273. The Morgan fingerprint density at radius 1 is 1.16 bits per heavy atom. The lowest BCUT2D eigenvalue weighted by molar-refractivity contribution is -0.124. The van der Waals surface area contributed by atoms with Crippen molar-refractivity contribution in [3.63, 3.8) is 0 Å². The van der Waals surface area contributed by atoms with Crippen LogP contribution in [0.15, 0.2) is 65.6 Å². The van der Waals surface area contributed by atoms with Gasteiger partial charge in [-0.05, 0) is 36.6 Å². The van der Waals surface area contributed by atoms with E-state index in [1.165, 1.54) is 11.6 Å². The second-order valence-corrected chi connectivity index (χ2v) is 7.36. The van der Waals surface area contributed by atoms with Gasteiger partial charge in [0.2, 0.25) is 0 Å². The van der Waals surface area contributed by atoms with Crippen molar-refractivity contribution in [3.8, 4) is 5.75 Å². The van der Waals surface area contributed by atoms with Gasteiger partial charge in [0.1, 0.15) is 18.5 Å². The number of nitrogens with one attached hydrogen (secondary N) is 2. The minimum atomic E-state index is -0.803. The van der Waals surface area contributed by atoms with Crippen LogP contribution < -0.4 is 15.5 Å². The number of para-hydroxylation sites is 1. The lowest BCUT2D eigenvalue weighted by Gasteiger charge is -2.24. The van der Waals surface area contributed by atoms with Crippen LogP contribution >= 0.6 is 11.8 Å². The number of hydrogen-bond acceptors (Lipinski definition) is 7. The van der Waals surface area contributed by atoms with Crippen molar-refractivity contribution < 1.29 is 29.4 Å². The van der Waals surface area contributed by atoms with Gasteiger partial charge in [0.25, 0.3) is 5.91 Å². The molecule has 0 aliphatic heterocycles. The monoisotopic (exact) mass is 446 g/mol. The van der Waals surface area contributed by atoms with E-state index in [-0.39, 0.29) is 13.2 Å². The third-order valence-corrected chi connectivity index (χ3v) is 5.03. The molecule has 0 spiro atoms. The van der Waals surface area contributed by atoms with Crippen LogP contribution in [0.4, 0.5) is 10.5 Å². The SMILES string of the molecule is CSc1ccc(NC(=O)O[C@@H](c2ccccc2OCCO)[C@H](C)/C=C/C(=O)NO)cc1. The molecule has 166 valence electrons. The molecule has 2 rings (SSSR count). The van der Waals surface area contributed by atoms with Crippen LogP contribution in [0.2, 0.25) is 0 Å². The molecule has 0 bridgehead atoms. The van der Waals surface area contributed by atoms with E-state index in [0.29, 0.717) is 17.0 Å². The maximum Gasteiger partial charge on any atom is 0.412 e. The standard InChI is InChI=1S/C22H26N2O6S/c1-15(7-12-20(26)24-28)21(18-5-3-4-6-19(18)29-14-13-25)30-22(27)23-16-8-10-17(31-2)11-9-16/h3-12,15,21,25,28H,13-14H2,1-2H3,(H,23,27)(H,24,26)/b12-7+/t15-,21-/m1/s1. The fourth-order valence-electron chi connectivity index (χ4n) is 2.77. The molecule has 0 aromatic heterocycles. The van der Waals surface area contributed by atoms with E-state index in [1.54, 1.807) is 55.1 Å². The largest absolute Gasteiger partial charge is 0.491 e. The number of aliphatic hydroxyl groups excluding tert-OH is 1. The summed E-state index contributed by atoms with van der Waals surface area (Å²) in [4.78, 5) is 25.1. The van der Waals surface area contributed by atoms with E-state index in [4.69, 9.17) is 19.8 Å². The summed E-state index contributed by atoms with van der Waals surface area (Å²) in [5.74, 6) is -0.694. The van der Waals surface area contributed by atoms with Crippen LogP contribution in [0.5, 0.6) is 5.75 Å². The molecule has 0 saturated carbocycles. The average molecular weight is 447 g/mol. The first-order chi connectivity index (χ1) is 15.0. The van der Waals surface area contributed by atoms with Crippen molar-refractivity contribution in [3.05, 3.63) is 66.2 Å². The second-order valence-electron chi connectivity index (χ2n) is 6.48. The summed E-state index contributed by atoms with van der Waals surface area (Å²) < 4.78 is 11.3. The van der Waals surface area contributed by atoms with E-state index in [1.807, 2.05) is 18.4 Å². The zero-order chi connectivity index (χ0) is 22.6. The minimum Gasteiger partial charge on any atom is -0.491 e. The van der Waals surface area contributed by atoms with Crippen LogP contribution in [0, 0.1) is 5.92 Å². The lowest BCUT2D eigenvalue weighted by Crippen LogP contribution is -2.22. The van der Waals surface area contributed by atoms with Gasteiger partial charge in [-0.3, -0.25) is 15.3 Å². The van der Waals surface area contributed by atoms with Gasteiger partial charge in [0.05, 0.1) is 6.61 Å². The molecule has 2 amide bonds. The predicted octanol–water partition coefficient (Wildman–Crippen LogP) is 3.77. The number of benzene rings is 2. The highest BCUT2D eigenvalue weighted by atomic mass is 32.2. The van der Waals surface area contributed by atoms with Gasteiger partial charge in [-0.1, -0.05) is 31.2 Å². The highest BCUT2D eigenvalue weighted by Crippen LogP contribution is 2.34. The van der Waals surface area contributed by atoms with Gasteiger partial charge in [-0.2, -0.15) is 0 Å². The van der Waals surface area contributed by atoms with Crippen LogP contribution in [0.1, 0.15) is 18.6 Å². The summed E-state index contributed by atoms with van der Waals surface area (Å²) in [5, 5.41) is 20.5. The summed E-state index contributed by atoms with van der Waals surface area (Å²) in [7, 11) is 0. The number of amides is 2. The number of hydroxylamine groups is 1. The molecule has 0 aliphatic carbocycles. The first kappa shape index (κ1) is 24.3. The van der Waals surface area contributed by atoms with Crippen molar-refractivity contribution in [2.75, 3.05) is 24.8 Å². The molecule has 9 heteroatoms. The third-order valence-electron chi connectivity index (χ3n) is 4.28. The maximum atomic E-state index is 12.6. The van der Waals surface area contributed by atoms with E-state index in [0.717, 1.165) is 11.0 Å². The van der Waals surface area contributed by atoms with Gasteiger partial charge in [-0.15, -0.1) is 11.8 Å². The Kier molecular flexibility index (Phi) is 9.89. The second kappa shape index (κ2) is 12.6. The molecule has 8 nitrogen and oxygen atoms in total. The quantitative estimate of drug-likeness (QED) is 0.190. The van der Waals surface area contributed by atoms with E-state index in [2.05, 4.69) is 5.32 Å². The molecular weight excluding hydrogens is 420 g/mol. The Hall–Kier alpha value is -3.01. The first-order valence-corrected chi connectivity index (χ1v) is 10.8. The summed E-state index contributed by atoms with van der Waals surface area (Å²) in [6.45, 7) is 1.67. The number of anilines is 1. The molecule has 2 atom stereocenters. The molecule has 0 aliphatic rings. The number of ether oxygens (including phenoxy) is 2. The number of aliphatic hydroxyl groups is 1. The average Bonchev–Trinajstić information content (AvgIpc) is 2.80. The van der Waals surface area contributed by atoms with Crippen LogP contribution in [-0.2, 0) is 9.53 Å². The molecule has 0 unspecified atom stereocenters. The van der Waals surface area contributed by atoms with Crippen molar-refractivity contribution in [1.29, 1.82) is 0 Å². The summed E-state index contributed by atoms with van der Waals surface area (Å²) in [6, 6.07) is 14.3. The third kappa shape index (κ3) is 7.63. The zero-order valence-electron chi connectivity index (χ0n) is 17.3. The molecular formula is C22H26N2O6S. The van der Waals surface area contributed by atoms with Crippen molar-refractivity contribution in [2.24, 2.45) is 5.92 Å². The van der Waals surface area contributed by atoms with Crippen LogP contribution in [0.25, 0.3) is 0 Å². The summed E-state index contributed by atoms with van der Waals surface area (Å²) in [6.07, 6.45) is 3.15. The molecule has 0 fully saturated rings. The minimum absolute atomic E-state index is 0.0782. The molecule has 4 N–H and O–H groups in total. The van der Waals surface area contributed by atoms with Crippen molar-refractivity contribution >= 4 is 29.4 Å². The van der Waals surface area contributed by atoms with Crippen LogP contribution in [-0.4, -0.2) is 41.8 Å². The Labute approximate surface area is 185 Å². The van der Waals surface area contributed by atoms with Gasteiger partial charge in [0.15, 0.2) is 0 Å². The number of hydrogen-bond donors (Lipinski definition) is 4. The molecule has 2 aromatic rings. The molecule has 0 heterocycles. The van der Waals surface area contributed by atoms with Gasteiger partial charge < -0.3 is 14.6 Å². The Balaban J connectivity index is 2.25. The van der Waals surface area contributed by atoms with E-state index in [9.17, 15) is 9.59 Å².